The first-order valence-corrected chi connectivity index (χ1v) is 10.5. The molecule has 5 N–H and O–H groups in total. The lowest BCUT2D eigenvalue weighted by molar-refractivity contribution is 0.269. The molecule has 3 rings (SSSR count). The Kier molecular flexibility index (Phi) is 7.80. The lowest BCUT2D eigenvalue weighted by Crippen LogP contribution is -2.54. The number of hydrogen-bond acceptors (Lipinski definition) is 5. The van der Waals surface area contributed by atoms with Crippen LogP contribution in [0.4, 0.5) is 0 Å². The topological polar surface area (TPSA) is 60.1 Å². The predicted octanol–water partition coefficient (Wildman–Crippen LogP) is 0.959. The van der Waals surface area contributed by atoms with Crippen molar-refractivity contribution >= 4 is 0 Å². The van der Waals surface area contributed by atoms with Gasteiger partial charge in [0.05, 0.1) is 0 Å². The van der Waals surface area contributed by atoms with Gasteiger partial charge in [-0.1, -0.05) is 25.7 Å². The lowest BCUT2D eigenvalue weighted by atomic mass is 9.89. The number of nitrogens with one attached hydrogen (secondary N) is 5. The molecule has 0 aromatic rings. The Morgan fingerprint density at radius 3 is 1.33 bits per heavy atom. The van der Waals surface area contributed by atoms with Crippen LogP contribution in [-0.2, 0) is 0 Å². The van der Waals surface area contributed by atoms with E-state index in [1.165, 1.54) is 51.4 Å². The number of fused-ring (bicyclic) bond motifs is 2. The van der Waals surface area contributed by atoms with Crippen molar-refractivity contribution in [1.82, 2.24) is 26.6 Å². The van der Waals surface area contributed by atoms with Crippen molar-refractivity contribution in [2.45, 2.75) is 88.5 Å². The summed E-state index contributed by atoms with van der Waals surface area (Å²) in [5.74, 6) is 0. The van der Waals surface area contributed by atoms with Crippen molar-refractivity contribution in [3.05, 3.63) is 0 Å². The molecule has 3 fully saturated rings. The summed E-state index contributed by atoms with van der Waals surface area (Å²) in [7, 11) is 0. The van der Waals surface area contributed by atoms with Crippen molar-refractivity contribution < 1.29 is 0 Å². The second kappa shape index (κ2) is 10.1. The molecule has 2 unspecified atom stereocenters. The fraction of sp³-hybridized carbons (Fsp3) is 1.00. The molecule has 1 saturated heterocycles. The van der Waals surface area contributed by atoms with E-state index < -0.39 is 0 Å². The van der Waals surface area contributed by atoms with Gasteiger partial charge in [0.2, 0.25) is 0 Å². The minimum Gasteiger partial charge on any atom is -0.312 e. The second-order valence-corrected chi connectivity index (χ2v) is 8.12. The molecule has 0 aromatic heterocycles. The zero-order valence-corrected chi connectivity index (χ0v) is 15.6. The van der Waals surface area contributed by atoms with E-state index in [4.69, 9.17) is 0 Å². The van der Waals surface area contributed by atoms with Gasteiger partial charge in [-0.3, -0.25) is 0 Å². The van der Waals surface area contributed by atoms with Gasteiger partial charge in [-0.15, -0.1) is 0 Å². The molecule has 140 valence electrons. The predicted molar refractivity (Wildman–Crippen MR) is 102 cm³/mol. The maximum atomic E-state index is 3.84. The van der Waals surface area contributed by atoms with Crippen LogP contribution in [0.3, 0.4) is 0 Å². The molecule has 1 aliphatic heterocycles. The Morgan fingerprint density at radius 2 is 0.875 bits per heavy atom. The molecule has 5 atom stereocenters. The monoisotopic (exact) mass is 337 g/mol. The van der Waals surface area contributed by atoms with Gasteiger partial charge >= 0.3 is 0 Å². The molecule has 1 heterocycles. The van der Waals surface area contributed by atoms with Crippen molar-refractivity contribution in [3.8, 4) is 0 Å². The van der Waals surface area contributed by atoms with E-state index in [9.17, 15) is 0 Å². The molecule has 0 radical (unpaired) electrons. The fourth-order valence-electron chi connectivity index (χ4n) is 4.73. The van der Waals surface area contributed by atoms with Gasteiger partial charge in [-0.05, 0) is 32.6 Å². The third-order valence-electron chi connectivity index (χ3n) is 6.18. The Balaban J connectivity index is 1.55. The van der Waals surface area contributed by atoms with Gasteiger partial charge in [0, 0.05) is 62.9 Å². The first kappa shape index (κ1) is 18.6. The summed E-state index contributed by atoms with van der Waals surface area (Å²) < 4.78 is 0. The SMILES string of the molecule is C[C@@H]1CN[C@H]2CCCC[C@H]2NCCNC2CCCCC2NCCN1. The van der Waals surface area contributed by atoms with Gasteiger partial charge in [-0.2, -0.15) is 0 Å². The Bertz CT molecular complexity index is 351. The van der Waals surface area contributed by atoms with Crippen LogP contribution in [0.5, 0.6) is 0 Å². The third kappa shape index (κ3) is 5.67. The normalized spacial score (nSPS) is 40.6. The largest absolute Gasteiger partial charge is 0.312 e. The highest BCUT2D eigenvalue weighted by atomic mass is 15.1. The van der Waals surface area contributed by atoms with E-state index in [1.54, 1.807) is 0 Å². The van der Waals surface area contributed by atoms with Crippen LogP contribution in [0.25, 0.3) is 0 Å². The van der Waals surface area contributed by atoms with Crippen molar-refractivity contribution in [3.63, 3.8) is 0 Å². The summed E-state index contributed by atoms with van der Waals surface area (Å²) in [6.07, 6.45) is 10.8. The summed E-state index contributed by atoms with van der Waals surface area (Å²) in [6, 6.07) is 3.15. The highest BCUT2D eigenvalue weighted by Gasteiger charge is 2.26. The van der Waals surface area contributed by atoms with Crippen LogP contribution in [0, 0.1) is 0 Å². The Labute approximate surface area is 148 Å². The second-order valence-electron chi connectivity index (χ2n) is 8.12. The van der Waals surface area contributed by atoms with E-state index >= 15 is 0 Å². The Hall–Kier alpha value is -0.200. The molecule has 3 aliphatic rings. The average Bonchev–Trinajstić information content (AvgIpc) is 2.62. The molecule has 5 nitrogen and oxygen atoms in total. The highest BCUT2D eigenvalue weighted by Crippen LogP contribution is 2.19. The summed E-state index contributed by atoms with van der Waals surface area (Å²) >= 11 is 0. The zero-order chi connectivity index (χ0) is 16.6. The van der Waals surface area contributed by atoms with Gasteiger partial charge in [0.1, 0.15) is 0 Å². The molecule has 2 aliphatic carbocycles. The smallest absolute Gasteiger partial charge is 0.0221 e. The minimum atomic E-state index is 0.541. The van der Waals surface area contributed by atoms with Crippen molar-refractivity contribution in [2.75, 3.05) is 32.7 Å². The van der Waals surface area contributed by atoms with Crippen molar-refractivity contribution in [2.24, 2.45) is 0 Å². The van der Waals surface area contributed by atoms with Gasteiger partial charge < -0.3 is 26.6 Å². The molecule has 24 heavy (non-hydrogen) atoms. The molecule has 2 saturated carbocycles. The van der Waals surface area contributed by atoms with Crippen LogP contribution < -0.4 is 26.6 Å². The van der Waals surface area contributed by atoms with E-state index in [1.807, 2.05) is 0 Å². The zero-order valence-electron chi connectivity index (χ0n) is 15.6. The van der Waals surface area contributed by atoms with Crippen LogP contribution in [0.15, 0.2) is 0 Å². The van der Waals surface area contributed by atoms with Crippen LogP contribution in [0.1, 0.15) is 58.3 Å². The molecule has 0 aromatic carbocycles. The molecule has 0 amide bonds. The molecule has 5 heteroatoms. The molecular formula is C19H39N5. The lowest BCUT2D eigenvalue weighted by Gasteiger charge is -2.35. The highest BCUT2D eigenvalue weighted by molar-refractivity contribution is 4.89. The van der Waals surface area contributed by atoms with E-state index in [2.05, 4.69) is 33.5 Å². The first-order chi connectivity index (χ1) is 11.8. The molecular weight excluding hydrogens is 298 g/mol. The maximum Gasteiger partial charge on any atom is 0.0221 e. The Morgan fingerprint density at radius 1 is 0.500 bits per heavy atom. The number of hydrogen-bond donors (Lipinski definition) is 5. The quantitative estimate of drug-likeness (QED) is 0.456. The summed E-state index contributed by atoms with van der Waals surface area (Å²) in [4.78, 5) is 0. The van der Waals surface area contributed by atoms with Crippen LogP contribution >= 0.6 is 0 Å². The van der Waals surface area contributed by atoms with Gasteiger partial charge in [0.25, 0.3) is 0 Å². The summed E-state index contributed by atoms with van der Waals surface area (Å²) in [5.41, 5.74) is 0. The van der Waals surface area contributed by atoms with E-state index in [0.29, 0.717) is 30.2 Å². The fourth-order valence-corrected chi connectivity index (χ4v) is 4.73. The summed E-state index contributed by atoms with van der Waals surface area (Å²) in [5, 5.41) is 19.0. The van der Waals surface area contributed by atoms with Gasteiger partial charge in [-0.25, -0.2) is 0 Å². The third-order valence-corrected chi connectivity index (χ3v) is 6.18. The molecule has 0 bridgehead atoms. The average molecular weight is 338 g/mol. The number of rotatable bonds is 0. The van der Waals surface area contributed by atoms with E-state index in [-0.39, 0.29) is 0 Å². The first-order valence-electron chi connectivity index (χ1n) is 10.5. The standard InChI is InChI=1S/C19H39N5/c1-15-14-24-19-9-5-4-8-18(19)23-13-12-22-17-7-3-2-6-16(17)21-11-10-20-15/h15-24H,2-14H2,1H3/t15-,16?,17?,18-,19+/m1/s1. The van der Waals surface area contributed by atoms with Crippen molar-refractivity contribution in [1.29, 1.82) is 0 Å². The maximum absolute atomic E-state index is 3.84. The minimum absolute atomic E-state index is 0.541. The van der Waals surface area contributed by atoms with Gasteiger partial charge in [0.15, 0.2) is 0 Å². The molecule has 0 spiro atoms. The summed E-state index contributed by atoms with van der Waals surface area (Å²) in [6.45, 7) is 7.73. The van der Waals surface area contributed by atoms with E-state index in [0.717, 1.165) is 32.7 Å². The van der Waals surface area contributed by atoms with Crippen LogP contribution in [0.2, 0.25) is 0 Å². The van der Waals surface area contributed by atoms with Crippen LogP contribution in [-0.4, -0.2) is 62.9 Å².